The molecule has 1 saturated carbocycles. The van der Waals surface area contributed by atoms with E-state index in [1.165, 1.54) is 58.0 Å². The highest BCUT2D eigenvalue weighted by Gasteiger charge is 2.24. The molecule has 1 aliphatic heterocycles. The van der Waals surface area contributed by atoms with Gasteiger partial charge in [0.2, 0.25) is 0 Å². The fourth-order valence-electron chi connectivity index (χ4n) is 5.00. The largest absolute Gasteiger partial charge is 0.387 e. The van der Waals surface area contributed by atoms with Gasteiger partial charge in [-0.05, 0) is 50.4 Å². The van der Waals surface area contributed by atoms with E-state index >= 15 is 0 Å². The van der Waals surface area contributed by atoms with Crippen molar-refractivity contribution in [1.29, 1.82) is 0 Å². The first-order chi connectivity index (χ1) is 14.7. The SMILES string of the molecule is C=C(/N=C(\N)C1CCCN(CCC2CCCCC2)C1)Nc1cccc2cnccc12. The van der Waals surface area contributed by atoms with E-state index in [9.17, 15) is 0 Å². The number of aromatic nitrogens is 1. The molecule has 160 valence electrons. The molecule has 2 aliphatic rings. The predicted octanol–water partition coefficient (Wildman–Crippen LogP) is 5.16. The van der Waals surface area contributed by atoms with E-state index in [4.69, 9.17) is 5.73 Å². The van der Waals surface area contributed by atoms with Crippen LogP contribution in [0.15, 0.2) is 54.1 Å². The van der Waals surface area contributed by atoms with Crippen LogP contribution >= 0.6 is 0 Å². The second-order valence-corrected chi connectivity index (χ2v) is 8.94. The maximum absolute atomic E-state index is 6.43. The minimum atomic E-state index is 0.320. The summed E-state index contributed by atoms with van der Waals surface area (Å²) in [6.45, 7) is 7.52. The topological polar surface area (TPSA) is 66.5 Å². The van der Waals surface area contributed by atoms with Gasteiger partial charge in [-0.25, -0.2) is 4.99 Å². The van der Waals surface area contributed by atoms with Gasteiger partial charge >= 0.3 is 0 Å². The number of fused-ring (bicyclic) bond motifs is 1. The lowest BCUT2D eigenvalue weighted by Gasteiger charge is -2.34. The number of pyridine rings is 1. The van der Waals surface area contributed by atoms with Crippen molar-refractivity contribution in [1.82, 2.24) is 9.88 Å². The Bertz CT molecular complexity index is 879. The fourth-order valence-corrected chi connectivity index (χ4v) is 5.00. The summed E-state index contributed by atoms with van der Waals surface area (Å²) >= 11 is 0. The maximum Gasteiger partial charge on any atom is 0.125 e. The molecule has 1 aromatic heterocycles. The van der Waals surface area contributed by atoms with Gasteiger partial charge in [-0.3, -0.25) is 4.98 Å². The highest BCUT2D eigenvalue weighted by Crippen LogP contribution is 2.28. The van der Waals surface area contributed by atoms with Gasteiger partial charge in [-0.2, -0.15) is 0 Å². The number of rotatable bonds is 7. The van der Waals surface area contributed by atoms with Crippen molar-refractivity contribution in [2.75, 3.05) is 25.0 Å². The first-order valence-corrected chi connectivity index (χ1v) is 11.5. The van der Waals surface area contributed by atoms with Crippen LogP contribution in [0.25, 0.3) is 10.8 Å². The maximum atomic E-state index is 6.43. The van der Waals surface area contributed by atoms with E-state index in [0.29, 0.717) is 17.6 Å². The molecule has 2 aromatic rings. The lowest BCUT2D eigenvalue weighted by atomic mass is 9.86. The number of aliphatic imine (C=N–C) groups is 1. The Morgan fingerprint density at radius 1 is 1.17 bits per heavy atom. The van der Waals surface area contributed by atoms with E-state index in [-0.39, 0.29) is 0 Å². The number of likely N-dealkylation sites (tertiary alicyclic amines) is 1. The van der Waals surface area contributed by atoms with Crippen LogP contribution in [-0.4, -0.2) is 35.4 Å². The zero-order valence-electron chi connectivity index (χ0n) is 18.0. The second-order valence-electron chi connectivity index (χ2n) is 8.94. The normalized spacial score (nSPS) is 21.6. The number of hydrogen-bond donors (Lipinski definition) is 2. The number of benzene rings is 1. The summed E-state index contributed by atoms with van der Waals surface area (Å²) in [5, 5.41) is 5.53. The number of hydrogen-bond acceptors (Lipinski definition) is 4. The van der Waals surface area contributed by atoms with Gasteiger partial charge in [-0.15, -0.1) is 0 Å². The summed E-state index contributed by atoms with van der Waals surface area (Å²) < 4.78 is 0. The Morgan fingerprint density at radius 2 is 2.03 bits per heavy atom. The van der Waals surface area contributed by atoms with Crippen molar-refractivity contribution >= 4 is 22.3 Å². The standard InChI is InChI=1S/C25H35N5/c1-19(28-24-11-5-9-21-17-27-14-12-23(21)24)29-25(26)22-10-6-15-30(18-22)16-13-20-7-3-2-4-8-20/h5,9,11-12,14,17,20,22,28H,1-4,6-8,10,13,15-16,18H2,(H2,26,29). The predicted molar refractivity (Wildman–Crippen MR) is 126 cm³/mol. The summed E-state index contributed by atoms with van der Waals surface area (Å²) in [5.74, 6) is 2.55. The number of nitrogens with one attached hydrogen (secondary N) is 1. The molecule has 0 bridgehead atoms. The third-order valence-electron chi connectivity index (χ3n) is 6.73. The molecular formula is C25H35N5. The summed E-state index contributed by atoms with van der Waals surface area (Å²) in [6.07, 6.45) is 14.5. The summed E-state index contributed by atoms with van der Waals surface area (Å²) in [7, 11) is 0. The van der Waals surface area contributed by atoms with Crippen molar-refractivity contribution in [3.63, 3.8) is 0 Å². The summed E-state index contributed by atoms with van der Waals surface area (Å²) in [6, 6.07) is 8.10. The Labute approximate surface area is 180 Å². The van der Waals surface area contributed by atoms with Gasteiger partial charge < -0.3 is 16.0 Å². The summed E-state index contributed by atoms with van der Waals surface area (Å²) in [4.78, 5) is 11.4. The average molecular weight is 406 g/mol. The molecule has 0 amide bonds. The monoisotopic (exact) mass is 405 g/mol. The lowest BCUT2D eigenvalue weighted by Crippen LogP contribution is -2.42. The van der Waals surface area contributed by atoms with Crippen LogP contribution in [0.4, 0.5) is 5.69 Å². The van der Waals surface area contributed by atoms with E-state index in [2.05, 4.69) is 32.8 Å². The quantitative estimate of drug-likeness (QED) is 0.493. The first-order valence-electron chi connectivity index (χ1n) is 11.5. The molecule has 5 nitrogen and oxygen atoms in total. The highest BCUT2D eigenvalue weighted by molar-refractivity contribution is 5.94. The molecule has 4 rings (SSSR count). The zero-order valence-corrected chi connectivity index (χ0v) is 18.0. The minimum Gasteiger partial charge on any atom is -0.387 e. The Balaban J connectivity index is 1.33. The number of amidine groups is 1. The second kappa shape index (κ2) is 10.1. The highest BCUT2D eigenvalue weighted by atomic mass is 15.1. The van der Waals surface area contributed by atoms with Crippen LogP contribution in [0.1, 0.15) is 51.4 Å². The van der Waals surface area contributed by atoms with Crippen LogP contribution < -0.4 is 11.1 Å². The molecule has 1 atom stereocenters. The van der Waals surface area contributed by atoms with E-state index < -0.39 is 0 Å². The van der Waals surface area contributed by atoms with Crippen molar-refractivity contribution in [3.05, 3.63) is 49.1 Å². The van der Waals surface area contributed by atoms with Crippen LogP contribution in [0, 0.1) is 11.8 Å². The van der Waals surface area contributed by atoms with E-state index in [0.717, 1.165) is 35.3 Å². The zero-order chi connectivity index (χ0) is 20.8. The number of anilines is 1. The first kappa shape index (κ1) is 20.9. The molecule has 1 aliphatic carbocycles. The van der Waals surface area contributed by atoms with Crippen molar-refractivity contribution in [2.45, 2.75) is 51.4 Å². The third-order valence-corrected chi connectivity index (χ3v) is 6.73. The summed E-state index contributed by atoms with van der Waals surface area (Å²) in [5.41, 5.74) is 7.41. The fraction of sp³-hybridized carbons (Fsp3) is 0.520. The molecule has 5 heteroatoms. The molecule has 2 fully saturated rings. The molecule has 1 saturated heterocycles. The molecular weight excluding hydrogens is 370 g/mol. The minimum absolute atomic E-state index is 0.320. The molecule has 2 heterocycles. The molecule has 0 radical (unpaired) electrons. The van der Waals surface area contributed by atoms with Gasteiger partial charge in [0.05, 0.1) is 0 Å². The number of nitrogens with zero attached hydrogens (tertiary/aromatic N) is 3. The smallest absolute Gasteiger partial charge is 0.125 e. The third kappa shape index (κ3) is 5.39. The van der Waals surface area contributed by atoms with Crippen LogP contribution in [-0.2, 0) is 0 Å². The van der Waals surface area contributed by atoms with Crippen LogP contribution in [0.5, 0.6) is 0 Å². The molecule has 1 aromatic carbocycles. The Morgan fingerprint density at radius 3 is 2.90 bits per heavy atom. The van der Waals surface area contributed by atoms with Gasteiger partial charge in [0.15, 0.2) is 0 Å². The lowest BCUT2D eigenvalue weighted by molar-refractivity contribution is 0.182. The van der Waals surface area contributed by atoms with Gasteiger partial charge in [0, 0.05) is 41.3 Å². The van der Waals surface area contributed by atoms with E-state index in [1.807, 2.05) is 24.4 Å². The van der Waals surface area contributed by atoms with Crippen LogP contribution in [0.2, 0.25) is 0 Å². The van der Waals surface area contributed by atoms with Gasteiger partial charge in [0.25, 0.3) is 0 Å². The van der Waals surface area contributed by atoms with Crippen LogP contribution in [0.3, 0.4) is 0 Å². The van der Waals surface area contributed by atoms with Crippen molar-refractivity contribution in [3.8, 4) is 0 Å². The Hall–Kier alpha value is -2.40. The number of nitrogens with two attached hydrogens (primary N) is 1. The van der Waals surface area contributed by atoms with Gasteiger partial charge in [0.1, 0.15) is 11.7 Å². The van der Waals surface area contributed by atoms with E-state index in [1.54, 1.807) is 6.20 Å². The van der Waals surface area contributed by atoms with Gasteiger partial charge in [-0.1, -0.05) is 50.8 Å². The molecule has 0 spiro atoms. The molecule has 1 unspecified atom stereocenters. The average Bonchev–Trinajstić information content (AvgIpc) is 2.79. The molecule has 3 N–H and O–H groups in total. The number of piperidine rings is 1. The van der Waals surface area contributed by atoms with Crippen molar-refractivity contribution in [2.24, 2.45) is 22.6 Å². The Kier molecular flexibility index (Phi) is 7.00. The molecule has 30 heavy (non-hydrogen) atoms. The van der Waals surface area contributed by atoms with Crippen molar-refractivity contribution < 1.29 is 0 Å².